The van der Waals surface area contributed by atoms with Gasteiger partial charge in [0.05, 0.1) is 12.0 Å². The summed E-state index contributed by atoms with van der Waals surface area (Å²) in [6.07, 6.45) is 1.51. The van der Waals surface area contributed by atoms with Crippen molar-refractivity contribution in [3.05, 3.63) is 0 Å². The highest BCUT2D eigenvalue weighted by atomic mass is 16.6. The van der Waals surface area contributed by atoms with E-state index in [0.29, 0.717) is 32.2 Å². The van der Waals surface area contributed by atoms with Crippen LogP contribution in [0.4, 0.5) is 0 Å². The molecular formula is C12H20O5. The normalized spacial score (nSPS) is 26.6. The van der Waals surface area contributed by atoms with Crippen molar-refractivity contribution in [3.63, 3.8) is 0 Å². The first kappa shape index (κ1) is 14.0. The molecule has 17 heavy (non-hydrogen) atoms. The third-order valence-corrected chi connectivity index (χ3v) is 3.22. The molecule has 1 aliphatic heterocycles. The highest BCUT2D eigenvalue weighted by Gasteiger charge is 2.38. The van der Waals surface area contributed by atoms with Crippen LogP contribution in [0.15, 0.2) is 0 Å². The average molecular weight is 244 g/mol. The van der Waals surface area contributed by atoms with Crippen LogP contribution in [-0.2, 0) is 19.1 Å². The summed E-state index contributed by atoms with van der Waals surface area (Å²) in [6.45, 7) is 4.14. The van der Waals surface area contributed by atoms with Gasteiger partial charge in [0.1, 0.15) is 12.2 Å². The fraction of sp³-hybridized carbons (Fsp3) is 0.833. The van der Waals surface area contributed by atoms with E-state index in [1.54, 1.807) is 0 Å². The van der Waals surface area contributed by atoms with Gasteiger partial charge < -0.3 is 14.6 Å². The first-order chi connectivity index (χ1) is 8.08. The zero-order chi connectivity index (χ0) is 12.8. The second kappa shape index (κ2) is 6.59. The third-order valence-electron chi connectivity index (χ3n) is 3.22. The van der Waals surface area contributed by atoms with Gasteiger partial charge in [0.15, 0.2) is 0 Å². The van der Waals surface area contributed by atoms with Gasteiger partial charge in [-0.3, -0.25) is 9.59 Å². The van der Waals surface area contributed by atoms with Crippen LogP contribution in [0.1, 0.15) is 39.5 Å². The molecule has 4 atom stereocenters. The van der Waals surface area contributed by atoms with Crippen LogP contribution in [0.5, 0.6) is 0 Å². The second-order valence-electron chi connectivity index (χ2n) is 4.49. The molecular weight excluding hydrogens is 224 g/mol. The lowest BCUT2D eigenvalue weighted by Gasteiger charge is -2.33. The van der Waals surface area contributed by atoms with Crippen LogP contribution >= 0.6 is 0 Å². The Bertz CT molecular complexity index is 266. The molecule has 0 aliphatic carbocycles. The summed E-state index contributed by atoms with van der Waals surface area (Å²) >= 11 is 0. The molecule has 0 spiro atoms. The molecule has 0 bridgehead atoms. The van der Waals surface area contributed by atoms with Crippen molar-refractivity contribution in [2.24, 2.45) is 5.92 Å². The van der Waals surface area contributed by atoms with E-state index < -0.39 is 6.10 Å². The fourth-order valence-corrected chi connectivity index (χ4v) is 1.92. The number of cyclic esters (lactones) is 1. The monoisotopic (exact) mass is 244 g/mol. The molecule has 5 nitrogen and oxygen atoms in total. The van der Waals surface area contributed by atoms with E-state index >= 15 is 0 Å². The van der Waals surface area contributed by atoms with Crippen LogP contribution in [0, 0.1) is 5.92 Å². The zero-order valence-electron chi connectivity index (χ0n) is 10.3. The predicted molar refractivity (Wildman–Crippen MR) is 60.1 cm³/mol. The maximum absolute atomic E-state index is 10.9. The van der Waals surface area contributed by atoms with Gasteiger partial charge in [0.25, 0.3) is 6.47 Å². The Morgan fingerprint density at radius 1 is 1.59 bits per heavy atom. The number of rotatable bonds is 8. The first-order valence-electron chi connectivity index (χ1n) is 6.06. The van der Waals surface area contributed by atoms with Gasteiger partial charge in [-0.25, -0.2) is 0 Å². The van der Waals surface area contributed by atoms with E-state index in [2.05, 4.69) is 0 Å². The predicted octanol–water partition coefficient (Wildman–Crippen LogP) is 1.03. The van der Waals surface area contributed by atoms with Crippen LogP contribution in [0.25, 0.3) is 0 Å². The maximum Gasteiger partial charge on any atom is 0.312 e. The summed E-state index contributed by atoms with van der Waals surface area (Å²) < 4.78 is 9.76. The minimum Gasteiger partial charge on any atom is -0.464 e. The van der Waals surface area contributed by atoms with E-state index in [4.69, 9.17) is 9.47 Å². The van der Waals surface area contributed by atoms with Gasteiger partial charge in [-0.1, -0.05) is 6.92 Å². The number of aliphatic hydroxyl groups is 1. The molecule has 1 heterocycles. The Hall–Kier alpha value is -1.10. The molecule has 1 saturated heterocycles. The van der Waals surface area contributed by atoms with Crippen LogP contribution in [0.3, 0.4) is 0 Å². The molecule has 0 aromatic heterocycles. The fourth-order valence-electron chi connectivity index (χ4n) is 1.92. The van der Waals surface area contributed by atoms with Gasteiger partial charge >= 0.3 is 5.97 Å². The molecule has 1 rings (SSSR count). The Morgan fingerprint density at radius 3 is 2.76 bits per heavy atom. The molecule has 2 unspecified atom stereocenters. The van der Waals surface area contributed by atoms with E-state index in [0.717, 1.165) is 0 Å². The summed E-state index contributed by atoms with van der Waals surface area (Å²) in [7, 11) is 0. The minimum atomic E-state index is -0.522. The van der Waals surface area contributed by atoms with Gasteiger partial charge in [-0.05, 0) is 26.2 Å². The minimum absolute atomic E-state index is 0.0598. The SMILES string of the molecule is CCC(CC(O)CC[C@H]1OC(=O)[C@@H]1C)OC=O. The number of carbonyl (C=O) groups excluding carboxylic acids is 2. The van der Waals surface area contributed by atoms with Crippen molar-refractivity contribution in [2.75, 3.05) is 0 Å². The number of carbonyl (C=O) groups is 2. The topological polar surface area (TPSA) is 72.8 Å². The molecule has 0 aromatic rings. The number of hydrogen-bond donors (Lipinski definition) is 1. The number of ether oxygens (including phenoxy) is 2. The molecule has 5 heteroatoms. The lowest BCUT2D eigenvalue weighted by molar-refractivity contribution is -0.183. The summed E-state index contributed by atoms with van der Waals surface area (Å²) in [5.74, 6) is -0.226. The first-order valence-corrected chi connectivity index (χ1v) is 6.06. The van der Waals surface area contributed by atoms with Crippen molar-refractivity contribution < 1.29 is 24.2 Å². The number of hydrogen-bond acceptors (Lipinski definition) is 5. The molecule has 0 radical (unpaired) electrons. The standard InChI is InChI=1S/C12H20O5/c1-3-10(16-7-13)6-9(14)4-5-11-8(2)12(15)17-11/h7-11,14H,3-6H2,1-2H3/t8-,9?,10?,11-/m1/s1. The lowest BCUT2D eigenvalue weighted by Crippen LogP contribution is -2.43. The Balaban J connectivity index is 2.18. The highest BCUT2D eigenvalue weighted by molar-refractivity contribution is 5.77. The van der Waals surface area contributed by atoms with E-state index in [9.17, 15) is 14.7 Å². The van der Waals surface area contributed by atoms with E-state index in [1.165, 1.54) is 0 Å². The third kappa shape index (κ3) is 4.00. The lowest BCUT2D eigenvalue weighted by atomic mass is 9.93. The van der Waals surface area contributed by atoms with Gasteiger partial charge in [-0.15, -0.1) is 0 Å². The zero-order valence-corrected chi connectivity index (χ0v) is 10.3. The van der Waals surface area contributed by atoms with Gasteiger partial charge in [-0.2, -0.15) is 0 Å². The molecule has 0 aromatic carbocycles. The Morgan fingerprint density at radius 2 is 2.29 bits per heavy atom. The smallest absolute Gasteiger partial charge is 0.312 e. The van der Waals surface area contributed by atoms with Crippen molar-refractivity contribution in [3.8, 4) is 0 Å². The molecule has 1 fully saturated rings. The maximum atomic E-state index is 10.9. The van der Waals surface area contributed by atoms with E-state index in [1.807, 2.05) is 13.8 Å². The van der Waals surface area contributed by atoms with E-state index in [-0.39, 0.29) is 24.1 Å². The summed E-state index contributed by atoms with van der Waals surface area (Å²) in [4.78, 5) is 21.0. The summed E-state index contributed by atoms with van der Waals surface area (Å²) in [5, 5.41) is 9.76. The van der Waals surface area contributed by atoms with Crippen LogP contribution in [-0.4, -0.2) is 35.9 Å². The number of esters is 1. The molecule has 0 saturated carbocycles. The second-order valence-corrected chi connectivity index (χ2v) is 4.49. The van der Waals surface area contributed by atoms with Gasteiger partial charge in [0, 0.05) is 6.42 Å². The molecule has 1 N–H and O–H groups in total. The van der Waals surface area contributed by atoms with Gasteiger partial charge in [0.2, 0.25) is 0 Å². The average Bonchev–Trinajstić information content (AvgIpc) is 2.33. The Kier molecular flexibility index (Phi) is 5.41. The molecule has 0 amide bonds. The summed E-state index contributed by atoms with van der Waals surface area (Å²) in [6, 6.07) is 0. The molecule has 1 aliphatic rings. The van der Waals surface area contributed by atoms with Crippen LogP contribution < -0.4 is 0 Å². The summed E-state index contributed by atoms with van der Waals surface area (Å²) in [5.41, 5.74) is 0. The Labute approximate surface area is 101 Å². The van der Waals surface area contributed by atoms with Crippen molar-refractivity contribution >= 4 is 12.4 Å². The number of aliphatic hydroxyl groups excluding tert-OH is 1. The molecule has 98 valence electrons. The van der Waals surface area contributed by atoms with Crippen LogP contribution in [0.2, 0.25) is 0 Å². The highest BCUT2D eigenvalue weighted by Crippen LogP contribution is 2.26. The van der Waals surface area contributed by atoms with Crippen molar-refractivity contribution in [2.45, 2.75) is 57.8 Å². The quantitative estimate of drug-likeness (QED) is 0.510. The largest absolute Gasteiger partial charge is 0.464 e. The van der Waals surface area contributed by atoms with Crippen molar-refractivity contribution in [1.29, 1.82) is 0 Å². The van der Waals surface area contributed by atoms with Crippen molar-refractivity contribution in [1.82, 2.24) is 0 Å².